The van der Waals surface area contributed by atoms with Crippen molar-refractivity contribution in [3.05, 3.63) is 449 Å². The highest BCUT2D eigenvalue weighted by atomic mass is 35.5. The molecule has 0 saturated carbocycles. The number of benzene rings is 15. The molecule has 1 aliphatic rings. The molecule has 122 heavy (non-hydrogen) atoms. The molecule has 5 aromatic heterocycles. The van der Waals surface area contributed by atoms with Gasteiger partial charge in [0, 0.05) is 55.6 Å². The molecule has 584 valence electrons. The van der Waals surface area contributed by atoms with E-state index in [-0.39, 0.29) is 55.7 Å². The highest BCUT2D eigenvalue weighted by Crippen LogP contribution is 2.56. The summed E-state index contributed by atoms with van der Waals surface area (Å²) >= 11 is 30.6. The van der Waals surface area contributed by atoms with Crippen molar-refractivity contribution in [1.29, 1.82) is 0 Å². The van der Waals surface area contributed by atoms with Gasteiger partial charge in [0.2, 0.25) is 26.4 Å². The first-order chi connectivity index (χ1) is 62.1. The molecule has 0 aliphatic heterocycles. The third-order valence-corrected chi connectivity index (χ3v) is 20.6. The van der Waals surface area contributed by atoms with Gasteiger partial charge in [0.15, 0.2) is 58.2 Å². The molecule has 0 atom stereocenters. The first kappa shape index (κ1) is 73.7. The summed E-state index contributed by atoms with van der Waals surface area (Å²) in [6.45, 7) is 0. The van der Waals surface area contributed by atoms with E-state index in [1.807, 2.05) is 206 Å². The molecule has 0 bridgehead atoms. The molecule has 0 saturated heterocycles. The van der Waals surface area contributed by atoms with Crippen LogP contribution in [-0.2, 0) is 5.41 Å². The van der Waals surface area contributed by atoms with Gasteiger partial charge in [-0.2, -0.15) is 49.8 Å². The number of hydrogen-bond donors (Lipinski definition) is 0. The number of halogens is 5. The fraction of sp³-hybridized carbons (Fsp3) is 0.00980. The van der Waals surface area contributed by atoms with Gasteiger partial charge in [0.25, 0.3) is 0 Å². The Morgan fingerprint density at radius 1 is 0.189 bits per heavy atom. The van der Waals surface area contributed by atoms with Crippen molar-refractivity contribution in [3.63, 3.8) is 0 Å². The summed E-state index contributed by atoms with van der Waals surface area (Å²) in [6, 6.07) is 121. The second-order valence-corrected chi connectivity index (χ2v) is 29.0. The van der Waals surface area contributed by atoms with Gasteiger partial charge in [-0.25, -0.2) is 24.9 Å². The molecule has 20 heteroatoms. The molecule has 21 rings (SSSR count). The van der Waals surface area contributed by atoms with Gasteiger partial charge in [0.1, 0.15) is 0 Å². The summed E-state index contributed by atoms with van der Waals surface area (Å²) in [7, 11) is 0. The molecule has 0 amide bonds. The second-order valence-electron chi connectivity index (χ2n) is 27.3. The van der Waals surface area contributed by atoms with Gasteiger partial charge in [-0.15, -0.1) is 0 Å². The number of aromatic nitrogens is 15. The molecule has 0 radical (unpaired) electrons. The van der Waals surface area contributed by atoms with Gasteiger partial charge in [-0.05, 0) is 125 Å². The van der Waals surface area contributed by atoms with Crippen molar-refractivity contribution in [2.24, 2.45) is 0 Å². The summed E-state index contributed by atoms with van der Waals surface area (Å²) in [5.74, 6) is 4.79. The van der Waals surface area contributed by atoms with E-state index in [4.69, 9.17) is 69.8 Å². The standard InChI is InChI=1S/C34H22ClN3.2C19H12ClN3.2C15H10ClN3/c35-33-37-31(23-12-3-1-4-13-23)36-32(38-33)24-14-11-17-26(22-24)34(25-15-5-2-6-16-25)29-20-9-7-18-27(29)28-19-8-10-21-30(28)34;20-19-22-17(14-8-2-1-3-9-14)21-18(23-19)16-12-6-10-13-7-4-5-11-15(13)16;20-19-22-17(14-7-2-1-3-8-14)21-18(23-19)16-11-10-13-6-4-5-9-15(13)12-16;2*16-15-18-13(11-7-3-1-4-8-11)17-14(19-15)12-9-5-2-6-10-12/h1-22H;2*1-12H;2*1-10H/i;;;1D,3D,4D,7D,8D;. The highest BCUT2D eigenvalue weighted by Gasteiger charge is 2.46. The molecule has 15 aromatic carbocycles. The number of nitrogens with zero attached hydrogens (tertiary/aromatic N) is 15. The van der Waals surface area contributed by atoms with Crippen molar-refractivity contribution in [1.82, 2.24) is 74.8 Å². The van der Waals surface area contributed by atoms with E-state index in [0.717, 1.165) is 66.2 Å². The van der Waals surface area contributed by atoms with Crippen molar-refractivity contribution in [2.45, 2.75) is 5.41 Å². The summed E-state index contributed by atoms with van der Waals surface area (Å²) in [5, 5.41) is 5.21. The van der Waals surface area contributed by atoms with Gasteiger partial charge in [-0.1, -0.05) is 388 Å². The van der Waals surface area contributed by atoms with Gasteiger partial charge < -0.3 is 0 Å². The van der Waals surface area contributed by atoms with E-state index in [9.17, 15) is 0 Å². The number of rotatable bonds is 12. The predicted molar refractivity (Wildman–Crippen MR) is 491 cm³/mol. The van der Waals surface area contributed by atoms with Crippen LogP contribution in [0.2, 0.25) is 26.4 Å². The Kier molecular flexibility index (Phi) is 22.7. The lowest BCUT2D eigenvalue weighted by molar-refractivity contribution is 0.768. The molecule has 0 spiro atoms. The average Bonchev–Trinajstić information content (AvgIpc) is 1.54. The molecular formula is C102H66Cl5N15. The zero-order valence-electron chi connectivity index (χ0n) is 69.3. The Bertz CT molecular complexity index is 7220. The fourth-order valence-corrected chi connectivity index (χ4v) is 15.1. The minimum Gasteiger partial charge on any atom is -0.208 e. The molecule has 5 heterocycles. The third-order valence-electron chi connectivity index (χ3n) is 19.7. The van der Waals surface area contributed by atoms with E-state index in [0.29, 0.717) is 52.2 Å². The van der Waals surface area contributed by atoms with Crippen LogP contribution in [0.1, 0.15) is 29.1 Å². The largest absolute Gasteiger partial charge is 0.226 e. The first-order valence-corrected chi connectivity index (χ1v) is 40.3. The van der Waals surface area contributed by atoms with Gasteiger partial charge >= 0.3 is 0 Å². The lowest BCUT2D eigenvalue weighted by Crippen LogP contribution is -2.28. The lowest BCUT2D eigenvalue weighted by Gasteiger charge is -2.34. The van der Waals surface area contributed by atoms with Crippen LogP contribution in [-0.4, -0.2) is 74.8 Å². The van der Waals surface area contributed by atoms with Crippen LogP contribution in [0.5, 0.6) is 0 Å². The molecule has 0 unspecified atom stereocenters. The molecule has 15 nitrogen and oxygen atoms in total. The maximum absolute atomic E-state index is 8.00. The number of fused-ring (bicyclic) bond motifs is 5. The predicted octanol–water partition coefficient (Wildman–Crippen LogP) is 26.0. The van der Waals surface area contributed by atoms with Crippen molar-refractivity contribution in [3.8, 4) is 125 Å². The van der Waals surface area contributed by atoms with Crippen LogP contribution in [0.25, 0.3) is 147 Å². The van der Waals surface area contributed by atoms with Crippen LogP contribution >= 0.6 is 58.0 Å². The van der Waals surface area contributed by atoms with Gasteiger partial charge in [0.05, 0.1) is 12.3 Å². The smallest absolute Gasteiger partial charge is 0.208 e. The summed E-state index contributed by atoms with van der Waals surface area (Å²) < 4.78 is 39.1. The van der Waals surface area contributed by atoms with E-state index >= 15 is 0 Å². The Balaban J connectivity index is 0.000000114. The maximum Gasteiger partial charge on any atom is 0.226 e. The average molecular weight is 1680 g/mol. The summed E-state index contributed by atoms with van der Waals surface area (Å²) in [6.07, 6.45) is 0. The van der Waals surface area contributed by atoms with Crippen LogP contribution in [0.15, 0.2) is 400 Å². The summed E-state index contributed by atoms with van der Waals surface area (Å²) in [4.78, 5) is 65.0. The first-order valence-electron chi connectivity index (χ1n) is 40.9. The minimum absolute atomic E-state index is 0.0640. The van der Waals surface area contributed by atoms with E-state index in [2.05, 4.69) is 209 Å². The normalized spacial score (nSPS) is 12.0. The SMILES string of the molecule is Clc1nc(-c2ccccc2)nc(-c2ccc3ccccc3c2)n1.Clc1nc(-c2ccccc2)nc(-c2cccc(C3(c4ccccc4)c4ccccc4-c4ccccc43)c2)n1.Clc1nc(-c2ccccc2)nc(-c2cccc3ccccc23)n1.Clc1nc(-c2ccccc2)nc(-c2ccccc2)n1.[2H]c1c([2H])c([2H])c(-c2nc(Cl)nc(-c3ccccc3)n2)c([2H])c1[2H]. The quantitative estimate of drug-likeness (QED) is 0.112. The molecule has 0 fully saturated rings. The highest BCUT2D eigenvalue weighted by molar-refractivity contribution is 6.29. The summed E-state index contributed by atoms with van der Waals surface area (Å²) in [5.41, 5.74) is 14.8. The zero-order chi connectivity index (χ0) is 87.3. The Labute approximate surface area is 735 Å². The van der Waals surface area contributed by atoms with Crippen molar-refractivity contribution in [2.75, 3.05) is 0 Å². The van der Waals surface area contributed by atoms with Crippen LogP contribution < -0.4 is 0 Å². The van der Waals surface area contributed by atoms with Gasteiger partial charge in [-0.3, -0.25) is 0 Å². The second kappa shape index (κ2) is 37.5. The molecule has 20 aromatic rings. The van der Waals surface area contributed by atoms with Crippen LogP contribution in [0, 0.1) is 0 Å². The molecular weight excluding hydrogens is 1610 g/mol. The Morgan fingerprint density at radius 2 is 0.467 bits per heavy atom. The minimum atomic E-state index is -0.483. The Morgan fingerprint density at radius 3 is 0.885 bits per heavy atom. The van der Waals surface area contributed by atoms with Crippen LogP contribution in [0.4, 0.5) is 0 Å². The van der Waals surface area contributed by atoms with E-state index < -0.39 is 23.5 Å². The zero-order valence-corrected chi connectivity index (χ0v) is 68.1. The lowest BCUT2D eigenvalue weighted by atomic mass is 9.67. The maximum atomic E-state index is 8.00. The van der Waals surface area contributed by atoms with Crippen LogP contribution in [0.3, 0.4) is 0 Å². The fourth-order valence-electron chi connectivity index (χ4n) is 14.3. The van der Waals surface area contributed by atoms with E-state index in [1.165, 1.54) is 33.2 Å². The third kappa shape index (κ3) is 18.3. The Hall–Kier alpha value is -14.7. The number of hydrogen-bond acceptors (Lipinski definition) is 15. The van der Waals surface area contributed by atoms with E-state index in [1.54, 1.807) is 24.3 Å². The molecule has 0 N–H and O–H groups in total. The topological polar surface area (TPSA) is 193 Å². The van der Waals surface area contributed by atoms with Crippen molar-refractivity contribution < 1.29 is 6.85 Å². The molecule has 1 aliphatic carbocycles. The van der Waals surface area contributed by atoms with Crippen molar-refractivity contribution >= 4 is 79.5 Å². The monoisotopic (exact) mass is 1680 g/mol.